The lowest BCUT2D eigenvalue weighted by Gasteiger charge is -2.08. The van der Waals surface area contributed by atoms with Crippen LogP contribution in [0.3, 0.4) is 0 Å². The summed E-state index contributed by atoms with van der Waals surface area (Å²) in [5.74, 6) is 0.955. The number of ether oxygens (including phenoxy) is 2. The minimum atomic E-state index is 0.236. The maximum absolute atomic E-state index is 10.9. The van der Waals surface area contributed by atoms with Gasteiger partial charge in [-0.1, -0.05) is 15.9 Å². The first-order valence-electron chi connectivity index (χ1n) is 5.47. The van der Waals surface area contributed by atoms with Gasteiger partial charge in [0.15, 0.2) is 6.29 Å². The molecule has 5 nitrogen and oxygen atoms in total. The molecule has 0 aliphatic rings. The fourth-order valence-electron chi connectivity index (χ4n) is 1.43. The molecule has 0 bridgehead atoms. The molecule has 0 spiro atoms. The molecule has 2 aromatic rings. The van der Waals surface area contributed by atoms with Gasteiger partial charge in [-0.05, 0) is 24.3 Å². The minimum absolute atomic E-state index is 0.236. The quantitative estimate of drug-likeness (QED) is 0.792. The smallest absolute Gasteiger partial charge is 0.233 e. The van der Waals surface area contributed by atoms with Crippen LogP contribution in [0.15, 0.2) is 34.8 Å². The van der Waals surface area contributed by atoms with E-state index < -0.39 is 0 Å². The van der Waals surface area contributed by atoms with Gasteiger partial charge in [-0.25, -0.2) is 0 Å². The number of aldehydes is 1. The van der Waals surface area contributed by atoms with E-state index in [-0.39, 0.29) is 6.61 Å². The highest BCUT2D eigenvalue weighted by atomic mass is 79.9. The van der Waals surface area contributed by atoms with Crippen LogP contribution in [0.2, 0.25) is 0 Å². The van der Waals surface area contributed by atoms with Crippen LogP contribution in [-0.4, -0.2) is 23.6 Å². The Kier molecular flexibility index (Phi) is 4.46. The van der Waals surface area contributed by atoms with Gasteiger partial charge in [-0.2, -0.15) is 0 Å². The van der Waals surface area contributed by atoms with Crippen LogP contribution in [0.25, 0.3) is 0 Å². The summed E-state index contributed by atoms with van der Waals surface area (Å²) < 4.78 is 11.3. The van der Waals surface area contributed by atoms with Crippen LogP contribution in [-0.2, 0) is 6.61 Å². The van der Waals surface area contributed by atoms with Gasteiger partial charge in [-0.3, -0.25) is 4.79 Å². The van der Waals surface area contributed by atoms with Crippen molar-refractivity contribution in [3.8, 4) is 11.6 Å². The van der Waals surface area contributed by atoms with Gasteiger partial charge >= 0.3 is 0 Å². The molecule has 19 heavy (non-hydrogen) atoms. The van der Waals surface area contributed by atoms with Gasteiger partial charge < -0.3 is 9.47 Å². The normalized spacial score (nSPS) is 10.0. The Morgan fingerprint density at radius 1 is 1.26 bits per heavy atom. The average molecular weight is 323 g/mol. The van der Waals surface area contributed by atoms with Crippen LogP contribution in [0, 0.1) is 0 Å². The molecular formula is C13H11BrN2O3. The maximum atomic E-state index is 10.9. The van der Waals surface area contributed by atoms with Crippen molar-refractivity contribution in [2.24, 2.45) is 0 Å². The summed E-state index contributed by atoms with van der Waals surface area (Å²) >= 11 is 3.30. The van der Waals surface area contributed by atoms with E-state index in [4.69, 9.17) is 9.47 Å². The van der Waals surface area contributed by atoms with Crippen molar-refractivity contribution in [2.45, 2.75) is 6.61 Å². The third-order valence-electron chi connectivity index (χ3n) is 2.38. The standard InChI is InChI=1S/C13H11BrN2O3/c1-18-13-5-3-11(15-16-13)8-19-12-4-2-10(14)6-9(12)7-17/h2-7H,8H2,1H3. The Hall–Kier alpha value is -1.95. The number of carbonyl (C=O) groups is 1. The van der Waals surface area contributed by atoms with E-state index in [1.54, 1.807) is 24.3 Å². The van der Waals surface area contributed by atoms with Crippen molar-refractivity contribution >= 4 is 22.2 Å². The lowest BCUT2D eigenvalue weighted by Crippen LogP contribution is -2.02. The molecule has 0 saturated heterocycles. The Morgan fingerprint density at radius 3 is 2.74 bits per heavy atom. The predicted molar refractivity (Wildman–Crippen MR) is 72.4 cm³/mol. The van der Waals surface area contributed by atoms with Gasteiger partial charge in [0.2, 0.25) is 5.88 Å². The first-order chi connectivity index (χ1) is 9.22. The maximum Gasteiger partial charge on any atom is 0.233 e. The first kappa shape index (κ1) is 13.5. The molecule has 0 fully saturated rings. The molecule has 0 N–H and O–H groups in total. The van der Waals surface area contributed by atoms with E-state index in [2.05, 4.69) is 26.1 Å². The average Bonchev–Trinajstić information content (AvgIpc) is 2.46. The van der Waals surface area contributed by atoms with Crippen LogP contribution in [0.1, 0.15) is 16.1 Å². The number of hydrogen-bond acceptors (Lipinski definition) is 5. The number of halogens is 1. The molecule has 0 aliphatic carbocycles. The van der Waals surface area contributed by atoms with Crippen molar-refractivity contribution in [2.75, 3.05) is 7.11 Å². The van der Waals surface area contributed by atoms with Crippen LogP contribution in [0.5, 0.6) is 11.6 Å². The fourth-order valence-corrected chi connectivity index (χ4v) is 1.81. The van der Waals surface area contributed by atoms with Crippen LogP contribution in [0.4, 0.5) is 0 Å². The summed E-state index contributed by atoms with van der Waals surface area (Å²) in [6, 6.07) is 8.69. The van der Waals surface area contributed by atoms with Crippen molar-refractivity contribution < 1.29 is 14.3 Å². The van der Waals surface area contributed by atoms with Gasteiger partial charge in [0.05, 0.1) is 12.7 Å². The van der Waals surface area contributed by atoms with E-state index in [9.17, 15) is 4.79 Å². The SMILES string of the molecule is COc1ccc(COc2ccc(Br)cc2C=O)nn1. The highest BCUT2D eigenvalue weighted by Crippen LogP contribution is 2.22. The molecular weight excluding hydrogens is 312 g/mol. The number of hydrogen-bond donors (Lipinski definition) is 0. The summed E-state index contributed by atoms with van der Waals surface area (Å²) in [6.07, 6.45) is 0.750. The van der Waals surface area contributed by atoms with E-state index in [0.717, 1.165) is 10.8 Å². The van der Waals surface area contributed by atoms with Crippen molar-refractivity contribution in [1.29, 1.82) is 0 Å². The second kappa shape index (κ2) is 6.29. The topological polar surface area (TPSA) is 61.3 Å². The lowest BCUT2D eigenvalue weighted by atomic mass is 10.2. The van der Waals surface area contributed by atoms with Crippen molar-refractivity contribution in [3.05, 3.63) is 46.1 Å². The highest BCUT2D eigenvalue weighted by molar-refractivity contribution is 9.10. The molecule has 1 aromatic heterocycles. The first-order valence-corrected chi connectivity index (χ1v) is 6.26. The second-order valence-electron chi connectivity index (χ2n) is 3.66. The number of rotatable bonds is 5. The third kappa shape index (κ3) is 3.51. The molecule has 0 amide bonds. The molecule has 2 rings (SSSR count). The molecule has 6 heteroatoms. The largest absolute Gasteiger partial charge is 0.486 e. The van der Waals surface area contributed by atoms with E-state index in [1.807, 2.05) is 6.07 Å². The number of benzene rings is 1. The molecule has 1 heterocycles. The zero-order valence-corrected chi connectivity index (χ0v) is 11.8. The Morgan fingerprint density at radius 2 is 2.11 bits per heavy atom. The predicted octanol–water partition coefficient (Wildman–Crippen LogP) is 2.64. The van der Waals surface area contributed by atoms with Gasteiger partial charge in [-0.15, -0.1) is 10.2 Å². The Bertz CT molecular complexity index is 573. The minimum Gasteiger partial charge on any atom is -0.486 e. The third-order valence-corrected chi connectivity index (χ3v) is 2.87. The van der Waals surface area contributed by atoms with Crippen molar-refractivity contribution in [3.63, 3.8) is 0 Å². The van der Waals surface area contributed by atoms with Gasteiger partial charge in [0.1, 0.15) is 18.1 Å². The van der Waals surface area contributed by atoms with E-state index in [0.29, 0.717) is 22.9 Å². The molecule has 0 aliphatic heterocycles. The summed E-state index contributed by atoms with van der Waals surface area (Å²) in [4.78, 5) is 10.9. The summed E-state index contributed by atoms with van der Waals surface area (Å²) in [5, 5.41) is 7.78. The Balaban J connectivity index is 2.07. The zero-order valence-electron chi connectivity index (χ0n) is 10.2. The monoisotopic (exact) mass is 322 g/mol. The van der Waals surface area contributed by atoms with Crippen molar-refractivity contribution in [1.82, 2.24) is 10.2 Å². The number of methoxy groups -OCH3 is 1. The van der Waals surface area contributed by atoms with Crippen LogP contribution >= 0.6 is 15.9 Å². The summed E-state index contributed by atoms with van der Waals surface area (Å²) in [6.45, 7) is 0.236. The molecule has 0 radical (unpaired) electrons. The van der Waals surface area contributed by atoms with Gasteiger partial charge in [0.25, 0.3) is 0 Å². The number of nitrogens with zero attached hydrogens (tertiary/aromatic N) is 2. The number of aromatic nitrogens is 2. The molecule has 0 saturated carbocycles. The summed E-state index contributed by atoms with van der Waals surface area (Å²) in [5.41, 5.74) is 1.14. The second-order valence-corrected chi connectivity index (χ2v) is 4.57. The molecule has 0 atom stereocenters. The lowest BCUT2D eigenvalue weighted by molar-refractivity contribution is 0.111. The number of carbonyl (C=O) groups excluding carboxylic acids is 1. The summed E-state index contributed by atoms with van der Waals surface area (Å²) in [7, 11) is 1.53. The molecule has 0 unspecified atom stereocenters. The fraction of sp³-hybridized carbons (Fsp3) is 0.154. The molecule has 1 aromatic carbocycles. The zero-order chi connectivity index (χ0) is 13.7. The Labute approximate surface area is 118 Å². The van der Waals surface area contributed by atoms with Crippen LogP contribution < -0.4 is 9.47 Å². The van der Waals surface area contributed by atoms with E-state index >= 15 is 0 Å². The van der Waals surface area contributed by atoms with Gasteiger partial charge in [0, 0.05) is 10.5 Å². The molecule has 98 valence electrons. The highest BCUT2D eigenvalue weighted by Gasteiger charge is 2.05. The van der Waals surface area contributed by atoms with E-state index in [1.165, 1.54) is 7.11 Å².